The fourth-order valence-electron chi connectivity index (χ4n) is 4.17. The van der Waals surface area contributed by atoms with E-state index < -0.39 is 5.79 Å². The van der Waals surface area contributed by atoms with Crippen molar-refractivity contribution >= 4 is 12.2 Å². The van der Waals surface area contributed by atoms with Crippen LogP contribution < -0.4 is 0 Å². The Balaban J connectivity index is 1.52. The van der Waals surface area contributed by atoms with Crippen LogP contribution in [0.15, 0.2) is 48.5 Å². The van der Waals surface area contributed by atoms with Crippen LogP contribution in [0.1, 0.15) is 22.3 Å². The molecule has 2 heterocycles. The molecule has 0 aromatic heterocycles. The molecule has 2 aromatic rings. The number of nitrogens with zero attached hydrogens (tertiary/aromatic N) is 1. The second-order valence-electron chi connectivity index (χ2n) is 7.09. The molecular formula is C22H23NO3. The number of morpholine rings is 1. The lowest BCUT2D eigenvalue weighted by Gasteiger charge is -2.32. The number of rotatable bonds is 2. The summed E-state index contributed by atoms with van der Waals surface area (Å²) >= 11 is 0. The molecule has 1 unspecified atom stereocenters. The van der Waals surface area contributed by atoms with Crippen LogP contribution in [0.2, 0.25) is 0 Å². The Morgan fingerprint density at radius 1 is 0.885 bits per heavy atom. The molecule has 26 heavy (non-hydrogen) atoms. The molecule has 2 saturated heterocycles. The van der Waals surface area contributed by atoms with E-state index in [9.17, 15) is 0 Å². The fourth-order valence-corrected chi connectivity index (χ4v) is 4.17. The summed E-state index contributed by atoms with van der Waals surface area (Å²) in [6, 6.07) is 16.7. The molecule has 4 nitrogen and oxygen atoms in total. The topological polar surface area (TPSA) is 30.9 Å². The molecule has 0 bridgehead atoms. The molecule has 3 aliphatic rings. The SMILES string of the molecule is C1=Cc2ccccc2C2(OCC(CN3CCOCC3)O2)c2ccccc21. The first kappa shape index (κ1) is 16.2. The van der Waals surface area contributed by atoms with Crippen molar-refractivity contribution in [3.63, 3.8) is 0 Å². The highest BCUT2D eigenvalue weighted by Crippen LogP contribution is 2.45. The quantitative estimate of drug-likeness (QED) is 0.834. The van der Waals surface area contributed by atoms with Gasteiger partial charge in [-0.1, -0.05) is 60.7 Å². The molecule has 2 fully saturated rings. The van der Waals surface area contributed by atoms with Gasteiger partial charge >= 0.3 is 0 Å². The Morgan fingerprint density at radius 2 is 1.50 bits per heavy atom. The third kappa shape index (κ3) is 2.70. The van der Waals surface area contributed by atoms with E-state index in [1.54, 1.807) is 0 Å². The Hall–Kier alpha value is -1.98. The highest BCUT2D eigenvalue weighted by Gasteiger charge is 2.47. The van der Waals surface area contributed by atoms with Crippen LogP contribution in [0.5, 0.6) is 0 Å². The molecule has 0 radical (unpaired) electrons. The van der Waals surface area contributed by atoms with Gasteiger partial charge in [-0.05, 0) is 11.1 Å². The smallest absolute Gasteiger partial charge is 0.224 e. The lowest BCUT2D eigenvalue weighted by atomic mass is 9.93. The van der Waals surface area contributed by atoms with Gasteiger partial charge < -0.3 is 14.2 Å². The molecule has 1 spiro atoms. The minimum Gasteiger partial charge on any atom is -0.379 e. The molecule has 1 aliphatic carbocycles. The van der Waals surface area contributed by atoms with Gasteiger partial charge in [0.05, 0.1) is 25.9 Å². The van der Waals surface area contributed by atoms with E-state index in [1.807, 2.05) is 0 Å². The third-order valence-corrected chi connectivity index (χ3v) is 5.44. The van der Waals surface area contributed by atoms with E-state index in [2.05, 4.69) is 65.6 Å². The number of hydrogen-bond donors (Lipinski definition) is 0. The van der Waals surface area contributed by atoms with Gasteiger partial charge in [0.15, 0.2) is 0 Å². The van der Waals surface area contributed by atoms with Gasteiger partial charge in [-0.25, -0.2) is 0 Å². The van der Waals surface area contributed by atoms with Crippen LogP contribution in [-0.2, 0) is 20.0 Å². The Labute approximate surface area is 154 Å². The molecule has 2 aromatic carbocycles. The average Bonchev–Trinajstić information content (AvgIpc) is 3.06. The minimum atomic E-state index is -0.826. The number of benzene rings is 2. The summed E-state index contributed by atoms with van der Waals surface area (Å²) in [6.07, 6.45) is 4.36. The van der Waals surface area contributed by atoms with Crippen LogP contribution in [-0.4, -0.2) is 50.5 Å². The van der Waals surface area contributed by atoms with E-state index in [4.69, 9.17) is 14.2 Å². The second kappa shape index (κ2) is 6.63. The minimum absolute atomic E-state index is 0.0484. The number of hydrogen-bond acceptors (Lipinski definition) is 4. The summed E-state index contributed by atoms with van der Waals surface area (Å²) in [7, 11) is 0. The van der Waals surface area contributed by atoms with Gasteiger partial charge in [0.25, 0.3) is 0 Å². The van der Waals surface area contributed by atoms with Crippen molar-refractivity contribution in [2.45, 2.75) is 11.9 Å². The lowest BCUT2D eigenvalue weighted by Crippen LogP contribution is -2.42. The summed E-state index contributed by atoms with van der Waals surface area (Å²) in [5.74, 6) is -0.826. The largest absolute Gasteiger partial charge is 0.379 e. The molecule has 4 heteroatoms. The normalized spacial score (nSPS) is 24.2. The zero-order valence-corrected chi connectivity index (χ0v) is 14.8. The first-order valence-electron chi connectivity index (χ1n) is 9.34. The van der Waals surface area contributed by atoms with Crippen LogP contribution >= 0.6 is 0 Å². The first-order valence-corrected chi connectivity index (χ1v) is 9.34. The van der Waals surface area contributed by atoms with Crippen molar-refractivity contribution < 1.29 is 14.2 Å². The maximum Gasteiger partial charge on any atom is 0.224 e. The summed E-state index contributed by atoms with van der Waals surface area (Å²) in [5, 5.41) is 0. The Kier molecular flexibility index (Phi) is 4.14. The molecular weight excluding hydrogens is 326 g/mol. The maximum absolute atomic E-state index is 6.68. The van der Waals surface area contributed by atoms with Crippen molar-refractivity contribution in [1.29, 1.82) is 0 Å². The number of fused-ring (bicyclic) bond motifs is 4. The zero-order valence-electron chi connectivity index (χ0n) is 14.8. The fraction of sp³-hybridized carbons (Fsp3) is 0.364. The van der Waals surface area contributed by atoms with Gasteiger partial charge in [0, 0.05) is 30.8 Å². The standard InChI is InChI=1S/C22H23NO3/c1-3-7-20-17(5-1)9-10-18-6-2-4-8-21(18)22(20)25-16-19(26-22)15-23-11-13-24-14-12-23/h1-10,19H,11-16H2. The van der Waals surface area contributed by atoms with Crippen LogP contribution in [0.4, 0.5) is 0 Å². The number of ether oxygens (including phenoxy) is 3. The van der Waals surface area contributed by atoms with Crippen molar-refractivity contribution in [3.05, 3.63) is 70.8 Å². The van der Waals surface area contributed by atoms with Crippen molar-refractivity contribution in [2.75, 3.05) is 39.5 Å². The average molecular weight is 349 g/mol. The Morgan fingerprint density at radius 3 is 2.15 bits per heavy atom. The van der Waals surface area contributed by atoms with E-state index in [-0.39, 0.29) is 6.10 Å². The molecule has 134 valence electrons. The molecule has 0 N–H and O–H groups in total. The molecule has 5 rings (SSSR count). The highest BCUT2D eigenvalue weighted by atomic mass is 16.7. The first-order chi connectivity index (χ1) is 12.9. The van der Waals surface area contributed by atoms with Crippen molar-refractivity contribution in [2.24, 2.45) is 0 Å². The molecule has 2 aliphatic heterocycles. The van der Waals surface area contributed by atoms with E-state index in [1.165, 1.54) is 0 Å². The predicted molar refractivity (Wildman–Crippen MR) is 101 cm³/mol. The van der Waals surface area contributed by atoms with Crippen LogP contribution in [0.3, 0.4) is 0 Å². The zero-order chi connectivity index (χ0) is 17.4. The third-order valence-electron chi connectivity index (χ3n) is 5.44. The van der Waals surface area contributed by atoms with Crippen LogP contribution in [0.25, 0.3) is 12.2 Å². The summed E-state index contributed by atoms with van der Waals surface area (Å²) in [6.45, 7) is 4.99. The van der Waals surface area contributed by atoms with E-state index >= 15 is 0 Å². The summed E-state index contributed by atoms with van der Waals surface area (Å²) in [4.78, 5) is 2.41. The van der Waals surface area contributed by atoms with E-state index in [0.717, 1.165) is 55.1 Å². The highest BCUT2D eigenvalue weighted by molar-refractivity contribution is 5.76. The predicted octanol–water partition coefficient (Wildman–Crippen LogP) is 3.12. The van der Waals surface area contributed by atoms with Gasteiger partial charge in [-0.3, -0.25) is 4.90 Å². The Bertz CT molecular complexity index is 776. The maximum atomic E-state index is 6.68. The summed E-state index contributed by atoms with van der Waals surface area (Å²) < 4.78 is 18.6. The van der Waals surface area contributed by atoms with E-state index in [0.29, 0.717) is 6.61 Å². The second-order valence-corrected chi connectivity index (χ2v) is 7.09. The molecule has 0 saturated carbocycles. The van der Waals surface area contributed by atoms with Gasteiger partial charge in [0.1, 0.15) is 0 Å². The van der Waals surface area contributed by atoms with Crippen LogP contribution in [0, 0.1) is 0 Å². The van der Waals surface area contributed by atoms with Crippen molar-refractivity contribution in [1.82, 2.24) is 4.90 Å². The van der Waals surface area contributed by atoms with Gasteiger partial charge in [-0.2, -0.15) is 0 Å². The lowest BCUT2D eigenvalue weighted by molar-refractivity contribution is -0.145. The van der Waals surface area contributed by atoms with Gasteiger partial charge in [-0.15, -0.1) is 0 Å². The van der Waals surface area contributed by atoms with Crippen molar-refractivity contribution in [3.8, 4) is 0 Å². The molecule has 1 atom stereocenters. The molecule has 0 amide bonds. The monoisotopic (exact) mass is 349 g/mol. The summed E-state index contributed by atoms with van der Waals surface area (Å²) in [5.41, 5.74) is 4.47. The van der Waals surface area contributed by atoms with Gasteiger partial charge in [0.2, 0.25) is 5.79 Å².